The molecule has 0 saturated carbocycles. The Hall–Kier alpha value is -1.88. The molecule has 0 atom stereocenters. The van der Waals surface area contributed by atoms with Gasteiger partial charge in [-0.05, 0) is 18.6 Å². The van der Waals surface area contributed by atoms with E-state index in [1.165, 1.54) is 0 Å². The number of hydrogen-bond donors (Lipinski definition) is 1. The molecule has 2 N–H and O–H groups in total. The van der Waals surface area contributed by atoms with Gasteiger partial charge in [-0.2, -0.15) is 5.10 Å². The molecule has 0 unspecified atom stereocenters. The van der Waals surface area contributed by atoms with E-state index >= 15 is 0 Å². The van der Waals surface area contributed by atoms with Crippen LogP contribution in [0.5, 0.6) is 11.5 Å². The lowest BCUT2D eigenvalue weighted by molar-refractivity contribution is 0.276. The van der Waals surface area contributed by atoms with Crippen molar-refractivity contribution in [1.29, 1.82) is 0 Å². The number of anilines is 1. The van der Waals surface area contributed by atoms with Gasteiger partial charge in [-0.15, -0.1) is 0 Å². The van der Waals surface area contributed by atoms with Crippen LogP contribution in [0.15, 0.2) is 18.2 Å². The van der Waals surface area contributed by atoms with E-state index in [0.29, 0.717) is 28.8 Å². The van der Waals surface area contributed by atoms with Gasteiger partial charge in [0.2, 0.25) is 0 Å². The van der Waals surface area contributed by atoms with Crippen LogP contribution in [0.4, 0.5) is 5.69 Å². The van der Waals surface area contributed by atoms with Crippen molar-refractivity contribution in [2.24, 2.45) is 7.05 Å². The topological polar surface area (TPSA) is 62.3 Å². The second-order valence-corrected chi connectivity index (χ2v) is 4.76. The molecule has 0 aliphatic heterocycles. The molecule has 1 heterocycles. The predicted molar refractivity (Wildman–Crippen MR) is 79.3 cm³/mol. The van der Waals surface area contributed by atoms with Gasteiger partial charge in [0, 0.05) is 18.8 Å². The Kier molecular flexibility index (Phi) is 4.39. The van der Waals surface area contributed by atoms with E-state index in [1.54, 1.807) is 30.0 Å². The van der Waals surface area contributed by atoms with Crippen LogP contribution in [0.25, 0.3) is 0 Å². The van der Waals surface area contributed by atoms with Crippen molar-refractivity contribution in [2.75, 3.05) is 12.8 Å². The molecule has 1 aromatic carbocycles. The fraction of sp³-hybridized carbons (Fsp3) is 0.357. The Balaban J connectivity index is 2.19. The van der Waals surface area contributed by atoms with Crippen LogP contribution in [0.3, 0.4) is 0 Å². The summed E-state index contributed by atoms with van der Waals surface area (Å²) in [5, 5.41) is 5.01. The molecule has 0 radical (unpaired) electrons. The van der Waals surface area contributed by atoms with Crippen LogP contribution in [-0.2, 0) is 20.1 Å². The number of nitrogens with two attached hydrogens (primary N) is 1. The molecule has 0 spiro atoms. The van der Waals surface area contributed by atoms with Gasteiger partial charge < -0.3 is 15.2 Å². The van der Waals surface area contributed by atoms with Crippen LogP contribution in [-0.4, -0.2) is 16.9 Å². The average molecular weight is 296 g/mol. The standard InChI is InChI=1S/C14H18ClN3O2/c1-4-10-14(15)11(18(2)17-10)8-20-12-6-5-9(16)7-13(12)19-3/h5-7H,4,8,16H2,1-3H3. The fourth-order valence-electron chi connectivity index (χ4n) is 1.93. The van der Waals surface area contributed by atoms with E-state index in [0.717, 1.165) is 17.8 Å². The maximum atomic E-state index is 6.28. The number of nitrogen functional groups attached to an aromatic ring is 1. The summed E-state index contributed by atoms with van der Waals surface area (Å²) in [5.74, 6) is 1.22. The first-order chi connectivity index (χ1) is 9.56. The molecule has 0 fully saturated rings. The van der Waals surface area contributed by atoms with Gasteiger partial charge in [-0.25, -0.2) is 0 Å². The highest BCUT2D eigenvalue weighted by molar-refractivity contribution is 6.31. The van der Waals surface area contributed by atoms with Gasteiger partial charge in [0.25, 0.3) is 0 Å². The summed E-state index contributed by atoms with van der Waals surface area (Å²) in [4.78, 5) is 0. The van der Waals surface area contributed by atoms with Gasteiger partial charge in [-0.3, -0.25) is 4.68 Å². The SMILES string of the molecule is CCc1nn(C)c(COc2ccc(N)cc2OC)c1Cl. The van der Waals surface area contributed by atoms with E-state index in [1.807, 2.05) is 14.0 Å². The predicted octanol–water partition coefficient (Wildman–Crippen LogP) is 2.81. The number of aryl methyl sites for hydroxylation is 2. The normalized spacial score (nSPS) is 10.6. The number of ether oxygens (including phenoxy) is 2. The minimum atomic E-state index is 0.322. The summed E-state index contributed by atoms with van der Waals surface area (Å²) in [6, 6.07) is 5.26. The summed E-state index contributed by atoms with van der Waals surface area (Å²) in [7, 11) is 3.43. The van der Waals surface area contributed by atoms with Crippen molar-refractivity contribution in [3.63, 3.8) is 0 Å². The second-order valence-electron chi connectivity index (χ2n) is 4.38. The van der Waals surface area contributed by atoms with E-state index < -0.39 is 0 Å². The molecule has 0 aliphatic carbocycles. The molecule has 5 nitrogen and oxygen atoms in total. The molecule has 0 bridgehead atoms. The summed E-state index contributed by atoms with van der Waals surface area (Å²) in [5.41, 5.74) is 8.04. The van der Waals surface area contributed by atoms with Crippen molar-refractivity contribution in [2.45, 2.75) is 20.0 Å². The first-order valence-corrected chi connectivity index (χ1v) is 6.71. The lowest BCUT2D eigenvalue weighted by Crippen LogP contribution is -2.04. The van der Waals surface area contributed by atoms with Crippen LogP contribution in [0.2, 0.25) is 5.02 Å². The van der Waals surface area contributed by atoms with Crippen LogP contribution < -0.4 is 15.2 Å². The van der Waals surface area contributed by atoms with Crippen molar-refractivity contribution < 1.29 is 9.47 Å². The van der Waals surface area contributed by atoms with E-state index in [4.69, 9.17) is 26.8 Å². The Morgan fingerprint density at radius 1 is 1.35 bits per heavy atom. The van der Waals surface area contributed by atoms with E-state index in [-0.39, 0.29) is 0 Å². The number of nitrogens with zero attached hydrogens (tertiary/aromatic N) is 2. The Morgan fingerprint density at radius 3 is 2.70 bits per heavy atom. The van der Waals surface area contributed by atoms with Gasteiger partial charge in [-0.1, -0.05) is 18.5 Å². The molecule has 0 aliphatic rings. The highest BCUT2D eigenvalue weighted by Crippen LogP contribution is 2.30. The first-order valence-electron chi connectivity index (χ1n) is 6.33. The highest BCUT2D eigenvalue weighted by atomic mass is 35.5. The van der Waals surface area contributed by atoms with Crippen molar-refractivity contribution >= 4 is 17.3 Å². The van der Waals surface area contributed by atoms with Gasteiger partial charge >= 0.3 is 0 Å². The lowest BCUT2D eigenvalue weighted by Gasteiger charge is -2.11. The number of hydrogen-bond acceptors (Lipinski definition) is 4. The molecule has 2 aromatic rings. The first kappa shape index (κ1) is 14.5. The van der Waals surface area contributed by atoms with Gasteiger partial charge in [0.05, 0.1) is 23.5 Å². The minimum absolute atomic E-state index is 0.322. The van der Waals surface area contributed by atoms with E-state index in [9.17, 15) is 0 Å². The maximum absolute atomic E-state index is 6.28. The maximum Gasteiger partial charge on any atom is 0.162 e. The van der Waals surface area contributed by atoms with Crippen LogP contribution in [0.1, 0.15) is 18.3 Å². The molecule has 0 amide bonds. The fourth-order valence-corrected chi connectivity index (χ4v) is 2.27. The van der Waals surface area contributed by atoms with Crippen molar-refractivity contribution in [3.05, 3.63) is 34.6 Å². The van der Waals surface area contributed by atoms with Crippen molar-refractivity contribution in [1.82, 2.24) is 9.78 Å². The van der Waals surface area contributed by atoms with E-state index in [2.05, 4.69) is 5.10 Å². The molecule has 0 saturated heterocycles. The lowest BCUT2D eigenvalue weighted by atomic mass is 10.3. The zero-order valence-electron chi connectivity index (χ0n) is 11.8. The number of benzene rings is 1. The molecule has 20 heavy (non-hydrogen) atoms. The monoisotopic (exact) mass is 295 g/mol. The Morgan fingerprint density at radius 2 is 2.10 bits per heavy atom. The Bertz CT molecular complexity index is 611. The van der Waals surface area contributed by atoms with Gasteiger partial charge in [0.1, 0.15) is 6.61 Å². The molecule has 6 heteroatoms. The van der Waals surface area contributed by atoms with Crippen LogP contribution in [0, 0.1) is 0 Å². The van der Waals surface area contributed by atoms with Crippen molar-refractivity contribution in [3.8, 4) is 11.5 Å². The molecule has 1 aromatic heterocycles. The smallest absolute Gasteiger partial charge is 0.162 e. The summed E-state index contributed by atoms with van der Waals surface area (Å²) >= 11 is 6.28. The quantitative estimate of drug-likeness (QED) is 0.862. The molecule has 2 rings (SSSR count). The average Bonchev–Trinajstić information content (AvgIpc) is 2.72. The largest absolute Gasteiger partial charge is 0.493 e. The Labute approximate surface area is 123 Å². The number of halogens is 1. The molecular formula is C14H18ClN3O2. The van der Waals surface area contributed by atoms with Crippen LogP contribution >= 0.6 is 11.6 Å². The molecule has 108 valence electrons. The summed E-state index contributed by atoms with van der Waals surface area (Å²) < 4.78 is 12.7. The second kappa shape index (κ2) is 6.05. The third kappa shape index (κ3) is 2.82. The number of aromatic nitrogens is 2. The third-order valence-electron chi connectivity index (χ3n) is 3.06. The number of rotatable bonds is 5. The van der Waals surface area contributed by atoms with Gasteiger partial charge in [0.15, 0.2) is 11.5 Å². The zero-order valence-corrected chi connectivity index (χ0v) is 12.6. The number of methoxy groups -OCH3 is 1. The zero-order chi connectivity index (χ0) is 14.7. The third-order valence-corrected chi connectivity index (χ3v) is 3.49. The highest BCUT2D eigenvalue weighted by Gasteiger charge is 2.14. The summed E-state index contributed by atoms with van der Waals surface area (Å²) in [6.45, 7) is 2.34. The molecular weight excluding hydrogens is 278 g/mol. The summed E-state index contributed by atoms with van der Waals surface area (Å²) in [6.07, 6.45) is 0.790. The minimum Gasteiger partial charge on any atom is -0.493 e.